The summed E-state index contributed by atoms with van der Waals surface area (Å²) in [5, 5.41) is 2.78. The lowest BCUT2D eigenvalue weighted by Crippen LogP contribution is -2.31. The number of aryl methyl sites for hydroxylation is 1. The maximum absolute atomic E-state index is 11.8. The Kier molecular flexibility index (Phi) is 7.01. The number of nitrogens with one attached hydrogen (secondary N) is 1. The summed E-state index contributed by atoms with van der Waals surface area (Å²) in [5.41, 5.74) is 2.18. The van der Waals surface area contributed by atoms with Crippen LogP contribution in [0.4, 0.5) is 0 Å². The van der Waals surface area contributed by atoms with Gasteiger partial charge in [0.1, 0.15) is 5.75 Å². The van der Waals surface area contributed by atoms with Crippen molar-refractivity contribution in [3.63, 3.8) is 0 Å². The van der Waals surface area contributed by atoms with Crippen LogP contribution in [0.1, 0.15) is 31.0 Å². The zero-order valence-electron chi connectivity index (χ0n) is 14.5. The van der Waals surface area contributed by atoms with Gasteiger partial charge in [-0.3, -0.25) is 4.79 Å². The number of carbonyl (C=O) groups excluding carboxylic acids is 2. The van der Waals surface area contributed by atoms with Crippen molar-refractivity contribution in [3.8, 4) is 5.75 Å². The standard InChI is InChI=1S/C20H23NO4/c1-3-16-9-11-18(12-10-16)24-14-20(23)25-13-19(22)21-15(2)17-7-5-4-6-8-17/h4-12,15H,3,13-14H2,1-2H3,(H,21,22)/t15-/m0/s1. The predicted molar refractivity (Wildman–Crippen MR) is 95.3 cm³/mol. The van der Waals surface area contributed by atoms with Crippen LogP contribution in [0, 0.1) is 0 Å². The second kappa shape index (κ2) is 9.47. The molecular weight excluding hydrogens is 318 g/mol. The van der Waals surface area contributed by atoms with Gasteiger partial charge in [0, 0.05) is 0 Å². The van der Waals surface area contributed by atoms with E-state index in [-0.39, 0.29) is 25.2 Å². The Morgan fingerprint density at radius 2 is 1.68 bits per heavy atom. The lowest BCUT2D eigenvalue weighted by atomic mass is 10.1. The molecule has 0 spiro atoms. The van der Waals surface area contributed by atoms with Crippen LogP contribution in [0.25, 0.3) is 0 Å². The van der Waals surface area contributed by atoms with Crippen molar-refractivity contribution in [2.45, 2.75) is 26.3 Å². The van der Waals surface area contributed by atoms with E-state index < -0.39 is 5.97 Å². The van der Waals surface area contributed by atoms with Gasteiger partial charge in [-0.25, -0.2) is 4.79 Å². The largest absolute Gasteiger partial charge is 0.482 e. The van der Waals surface area contributed by atoms with Gasteiger partial charge in [-0.1, -0.05) is 49.4 Å². The Balaban J connectivity index is 1.69. The van der Waals surface area contributed by atoms with Crippen LogP contribution < -0.4 is 10.1 Å². The van der Waals surface area contributed by atoms with E-state index in [2.05, 4.69) is 12.2 Å². The Morgan fingerprint density at radius 1 is 1.00 bits per heavy atom. The molecule has 0 aliphatic rings. The van der Waals surface area contributed by atoms with Crippen LogP contribution in [-0.4, -0.2) is 25.1 Å². The smallest absolute Gasteiger partial charge is 0.344 e. The molecule has 132 valence electrons. The number of hydrogen-bond donors (Lipinski definition) is 1. The summed E-state index contributed by atoms with van der Waals surface area (Å²) in [4.78, 5) is 23.5. The van der Waals surface area contributed by atoms with E-state index in [1.165, 1.54) is 5.56 Å². The number of carbonyl (C=O) groups is 2. The van der Waals surface area contributed by atoms with Crippen molar-refractivity contribution >= 4 is 11.9 Å². The normalized spacial score (nSPS) is 11.4. The maximum Gasteiger partial charge on any atom is 0.344 e. The molecule has 0 unspecified atom stereocenters. The third-order valence-electron chi connectivity index (χ3n) is 3.73. The van der Waals surface area contributed by atoms with Crippen LogP contribution in [0.5, 0.6) is 5.75 Å². The minimum Gasteiger partial charge on any atom is -0.482 e. The summed E-state index contributed by atoms with van der Waals surface area (Å²) >= 11 is 0. The molecule has 2 aromatic rings. The van der Waals surface area contributed by atoms with E-state index in [9.17, 15) is 9.59 Å². The molecule has 2 aromatic carbocycles. The summed E-state index contributed by atoms with van der Waals surface area (Å²) in [6.45, 7) is 3.39. The molecule has 0 aliphatic carbocycles. The number of rotatable bonds is 8. The fourth-order valence-corrected chi connectivity index (χ4v) is 2.26. The summed E-state index contributed by atoms with van der Waals surface area (Å²) in [7, 11) is 0. The molecule has 5 heteroatoms. The molecule has 0 bridgehead atoms. The molecule has 0 radical (unpaired) electrons. The van der Waals surface area contributed by atoms with Crippen LogP contribution in [0.2, 0.25) is 0 Å². The summed E-state index contributed by atoms with van der Waals surface area (Å²) < 4.78 is 10.3. The van der Waals surface area contributed by atoms with Crippen molar-refractivity contribution in [1.29, 1.82) is 0 Å². The molecular formula is C20H23NO4. The van der Waals surface area contributed by atoms with E-state index in [1.54, 1.807) is 12.1 Å². The fraction of sp³-hybridized carbons (Fsp3) is 0.300. The van der Waals surface area contributed by atoms with Crippen LogP contribution in [-0.2, 0) is 20.7 Å². The highest BCUT2D eigenvalue weighted by Crippen LogP contribution is 2.12. The summed E-state index contributed by atoms with van der Waals surface area (Å²) in [5.74, 6) is -0.338. The quantitative estimate of drug-likeness (QED) is 0.750. The molecule has 0 aromatic heterocycles. The van der Waals surface area contributed by atoms with Gasteiger partial charge in [0.15, 0.2) is 13.2 Å². The maximum atomic E-state index is 11.8. The van der Waals surface area contributed by atoms with Gasteiger partial charge in [-0.2, -0.15) is 0 Å². The molecule has 25 heavy (non-hydrogen) atoms. The zero-order chi connectivity index (χ0) is 18.1. The van der Waals surface area contributed by atoms with Gasteiger partial charge in [0.05, 0.1) is 6.04 Å². The van der Waals surface area contributed by atoms with Gasteiger partial charge < -0.3 is 14.8 Å². The predicted octanol–water partition coefficient (Wildman–Crippen LogP) is 3.05. The Hall–Kier alpha value is -2.82. The van der Waals surface area contributed by atoms with Crippen LogP contribution in [0.15, 0.2) is 54.6 Å². The highest BCUT2D eigenvalue weighted by Gasteiger charge is 2.12. The van der Waals surface area contributed by atoms with Crippen molar-refractivity contribution in [2.75, 3.05) is 13.2 Å². The van der Waals surface area contributed by atoms with Gasteiger partial charge in [-0.05, 0) is 36.6 Å². The molecule has 2 rings (SSSR count). The molecule has 5 nitrogen and oxygen atoms in total. The van der Waals surface area contributed by atoms with Crippen LogP contribution in [0.3, 0.4) is 0 Å². The van der Waals surface area contributed by atoms with E-state index in [0.717, 1.165) is 12.0 Å². The second-order valence-electron chi connectivity index (χ2n) is 5.65. The lowest BCUT2D eigenvalue weighted by molar-refractivity contribution is -0.150. The molecule has 1 amide bonds. The minimum absolute atomic E-state index is 0.152. The second-order valence-corrected chi connectivity index (χ2v) is 5.65. The molecule has 0 aliphatic heterocycles. The molecule has 1 N–H and O–H groups in total. The molecule has 0 fully saturated rings. The molecule has 0 saturated heterocycles. The first kappa shape index (κ1) is 18.5. The number of hydrogen-bond acceptors (Lipinski definition) is 4. The van der Waals surface area contributed by atoms with E-state index in [0.29, 0.717) is 5.75 Å². The molecule has 1 atom stereocenters. The van der Waals surface area contributed by atoms with Crippen molar-refractivity contribution in [2.24, 2.45) is 0 Å². The highest BCUT2D eigenvalue weighted by molar-refractivity contribution is 5.81. The molecule has 0 heterocycles. The number of benzene rings is 2. The number of esters is 1. The first-order valence-electron chi connectivity index (χ1n) is 8.30. The number of amides is 1. The third kappa shape index (κ3) is 6.30. The summed E-state index contributed by atoms with van der Waals surface area (Å²) in [6.07, 6.45) is 0.943. The first-order chi connectivity index (χ1) is 12.1. The van der Waals surface area contributed by atoms with Gasteiger partial charge >= 0.3 is 5.97 Å². The van der Waals surface area contributed by atoms with Crippen molar-refractivity contribution in [3.05, 3.63) is 65.7 Å². The zero-order valence-corrected chi connectivity index (χ0v) is 14.5. The highest BCUT2D eigenvalue weighted by atomic mass is 16.6. The van der Waals surface area contributed by atoms with Gasteiger partial charge in [0.25, 0.3) is 5.91 Å². The minimum atomic E-state index is -0.581. The van der Waals surface area contributed by atoms with E-state index in [1.807, 2.05) is 49.4 Å². The Labute approximate surface area is 148 Å². The van der Waals surface area contributed by atoms with E-state index >= 15 is 0 Å². The van der Waals surface area contributed by atoms with Crippen molar-refractivity contribution < 1.29 is 19.1 Å². The summed E-state index contributed by atoms with van der Waals surface area (Å²) in [6, 6.07) is 16.9. The van der Waals surface area contributed by atoms with Crippen molar-refractivity contribution in [1.82, 2.24) is 5.32 Å². The fourth-order valence-electron chi connectivity index (χ4n) is 2.26. The Morgan fingerprint density at radius 3 is 2.32 bits per heavy atom. The average Bonchev–Trinajstić information content (AvgIpc) is 2.65. The monoisotopic (exact) mass is 341 g/mol. The topological polar surface area (TPSA) is 64.6 Å². The average molecular weight is 341 g/mol. The SMILES string of the molecule is CCc1ccc(OCC(=O)OCC(=O)N[C@@H](C)c2ccccc2)cc1. The first-order valence-corrected chi connectivity index (χ1v) is 8.30. The third-order valence-corrected chi connectivity index (χ3v) is 3.73. The number of ether oxygens (including phenoxy) is 2. The van der Waals surface area contributed by atoms with Gasteiger partial charge in [0.2, 0.25) is 0 Å². The Bertz CT molecular complexity index is 683. The van der Waals surface area contributed by atoms with E-state index in [4.69, 9.17) is 9.47 Å². The lowest BCUT2D eigenvalue weighted by Gasteiger charge is -2.14. The van der Waals surface area contributed by atoms with Gasteiger partial charge in [-0.15, -0.1) is 0 Å². The van der Waals surface area contributed by atoms with Crippen LogP contribution >= 0.6 is 0 Å². The molecule has 0 saturated carbocycles.